The topological polar surface area (TPSA) is 63.7 Å². The van der Waals surface area contributed by atoms with E-state index in [1.807, 2.05) is 41.3 Å². The molecule has 3 atom stereocenters. The van der Waals surface area contributed by atoms with Gasteiger partial charge in [0.25, 0.3) is 0 Å². The minimum absolute atomic E-state index is 0.165. The van der Waals surface area contributed by atoms with Crippen molar-refractivity contribution in [1.29, 1.82) is 0 Å². The van der Waals surface area contributed by atoms with E-state index in [0.717, 1.165) is 5.56 Å². The third kappa shape index (κ3) is 3.10. The number of fused-ring (bicyclic) bond motifs is 5. The summed E-state index contributed by atoms with van der Waals surface area (Å²) < 4.78 is 21.2. The Morgan fingerprint density at radius 2 is 1.52 bits per heavy atom. The highest BCUT2D eigenvalue weighted by Gasteiger charge is 2.71. The van der Waals surface area contributed by atoms with E-state index < -0.39 is 29.2 Å². The second-order valence-corrected chi connectivity index (χ2v) is 10.4. The van der Waals surface area contributed by atoms with Gasteiger partial charge in [-0.2, -0.15) is 0 Å². The molecule has 0 amide bonds. The fourth-order valence-electron chi connectivity index (χ4n) is 6.94. The number of halogens is 1. The fourth-order valence-corrected chi connectivity index (χ4v) is 6.94. The van der Waals surface area contributed by atoms with Crippen LogP contribution in [0, 0.1) is 11.2 Å². The summed E-state index contributed by atoms with van der Waals surface area (Å²) in [6.45, 7) is 0. The van der Waals surface area contributed by atoms with Crippen molar-refractivity contribution in [2.24, 2.45) is 5.41 Å². The lowest BCUT2D eigenvalue weighted by atomic mass is 9.64. The third-order valence-corrected chi connectivity index (χ3v) is 8.58. The number of carbonyl (C=O) groups excluding carboxylic acids is 3. The van der Waals surface area contributed by atoms with Crippen LogP contribution in [0.1, 0.15) is 48.1 Å². The molecule has 1 spiro atoms. The van der Waals surface area contributed by atoms with Crippen molar-refractivity contribution in [3.63, 3.8) is 0 Å². The van der Waals surface area contributed by atoms with Crippen LogP contribution in [0.2, 0.25) is 0 Å². The van der Waals surface area contributed by atoms with Crippen LogP contribution in [0.25, 0.3) is 6.08 Å². The zero-order valence-corrected chi connectivity index (χ0v) is 21.6. The van der Waals surface area contributed by atoms with Gasteiger partial charge in [-0.05, 0) is 35.4 Å². The summed E-state index contributed by atoms with van der Waals surface area (Å²) in [5, 5.41) is 0. The van der Waals surface area contributed by atoms with E-state index in [9.17, 15) is 14.4 Å². The fraction of sp³-hybridized carbons (Fsp3) is 0.147. The number of carbonyl (C=O) groups is 3. The molecule has 0 radical (unpaired) electrons. The molecule has 1 fully saturated rings. The van der Waals surface area contributed by atoms with Crippen LogP contribution in [-0.2, 0) is 0 Å². The molecule has 0 aromatic heterocycles. The first kappa shape index (κ1) is 24.2. The molecule has 4 aromatic rings. The molecule has 5 nitrogen and oxygen atoms in total. The number of methoxy groups -OCH3 is 1. The molecule has 7 rings (SSSR count). The number of benzene rings is 4. The minimum atomic E-state index is -1.74. The smallest absolute Gasteiger partial charge is 0.186 e. The van der Waals surface area contributed by atoms with Crippen molar-refractivity contribution in [3.8, 4) is 5.75 Å². The Hall–Kier alpha value is -4.84. The Morgan fingerprint density at radius 3 is 2.25 bits per heavy atom. The lowest BCUT2D eigenvalue weighted by Gasteiger charge is -2.37. The number of nitrogens with zero attached hydrogens (tertiary/aromatic N) is 1. The number of ether oxygens (including phenoxy) is 1. The molecule has 2 heterocycles. The largest absolute Gasteiger partial charge is 0.497 e. The van der Waals surface area contributed by atoms with Crippen LogP contribution >= 0.6 is 0 Å². The van der Waals surface area contributed by atoms with Crippen LogP contribution in [0.4, 0.5) is 10.1 Å². The van der Waals surface area contributed by atoms with E-state index in [2.05, 4.69) is 0 Å². The maximum Gasteiger partial charge on any atom is 0.186 e. The maximum absolute atomic E-state index is 15.8. The molecule has 4 aromatic carbocycles. The number of hydrogen-bond donors (Lipinski definition) is 0. The van der Waals surface area contributed by atoms with E-state index in [4.69, 9.17) is 4.74 Å². The van der Waals surface area contributed by atoms with Gasteiger partial charge in [0.1, 0.15) is 23.0 Å². The molecule has 1 aliphatic carbocycles. The average Bonchev–Trinajstić information content (AvgIpc) is 3.43. The Balaban J connectivity index is 1.56. The molecule has 0 bridgehead atoms. The molecule has 196 valence electrons. The molecule has 3 aliphatic rings. The van der Waals surface area contributed by atoms with Crippen molar-refractivity contribution in [3.05, 3.63) is 137 Å². The number of hydrogen-bond acceptors (Lipinski definition) is 5. The van der Waals surface area contributed by atoms with Crippen LogP contribution in [0.3, 0.4) is 0 Å². The SMILES string of the molecule is COc1cccc(C(=O)[C@@H]2[C@@H](c3ccccc3F)C3(C(=O)c4ccccc4C3=O)[C@H]3C=Cc4ccccc4N23)c1. The van der Waals surface area contributed by atoms with Gasteiger partial charge in [-0.15, -0.1) is 0 Å². The van der Waals surface area contributed by atoms with Crippen molar-refractivity contribution in [1.82, 2.24) is 0 Å². The Morgan fingerprint density at radius 1 is 0.850 bits per heavy atom. The standard InChI is InChI=1S/C34H24FNO4/c1-40-22-11-8-10-21(19-22)31(37)30-29(25-14-5-6-15-26(25)35)34(32(38)23-12-3-4-13-24(23)33(34)39)28-18-17-20-9-2-7-16-27(20)36(28)30/h2-19,28-30H,1H3/t28-,29-,30+/m1/s1. The quantitative estimate of drug-likeness (QED) is 0.234. The number of Topliss-reactive ketones (excluding diaryl/α,β-unsaturated/α-hetero) is 3. The summed E-state index contributed by atoms with van der Waals surface area (Å²) in [5.41, 5.74) is 0.941. The van der Waals surface area contributed by atoms with Crippen LogP contribution in [0.5, 0.6) is 5.75 Å². The average molecular weight is 530 g/mol. The highest BCUT2D eigenvalue weighted by Crippen LogP contribution is 2.61. The first-order chi connectivity index (χ1) is 19.5. The van der Waals surface area contributed by atoms with Crippen LogP contribution in [-0.4, -0.2) is 36.5 Å². The molecule has 6 heteroatoms. The van der Waals surface area contributed by atoms with Crippen LogP contribution < -0.4 is 9.64 Å². The zero-order chi connectivity index (χ0) is 27.6. The van der Waals surface area contributed by atoms with Gasteiger partial charge in [-0.1, -0.05) is 84.9 Å². The molecule has 2 aliphatic heterocycles. The minimum Gasteiger partial charge on any atom is -0.497 e. The number of ketones is 3. The highest BCUT2D eigenvalue weighted by atomic mass is 19.1. The Bertz CT molecular complexity index is 1720. The normalized spacial score (nSPS) is 21.8. The molecule has 40 heavy (non-hydrogen) atoms. The van der Waals surface area contributed by atoms with Gasteiger partial charge in [0.05, 0.1) is 13.2 Å². The van der Waals surface area contributed by atoms with Gasteiger partial charge in [-0.3, -0.25) is 14.4 Å². The van der Waals surface area contributed by atoms with Crippen LogP contribution in [0.15, 0.2) is 103 Å². The lowest BCUT2D eigenvalue weighted by Crippen LogP contribution is -2.48. The maximum atomic E-state index is 15.8. The predicted molar refractivity (Wildman–Crippen MR) is 150 cm³/mol. The summed E-state index contributed by atoms with van der Waals surface area (Å²) in [6, 6.07) is 25.4. The summed E-state index contributed by atoms with van der Waals surface area (Å²) in [7, 11) is 1.52. The van der Waals surface area contributed by atoms with E-state index in [1.165, 1.54) is 13.2 Å². The van der Waals surface area contributed by atoms with Gasteiger partial charge in [-0.25, -0.2) is 4.39 Å². The number of anilines is 1. The molecular formula is C34H24FNO4. The zero-order valence-electron chi connectivity index (χ0n) is 21.6. The van der Waals surface area contributed by atoms with Crippen molar-refractivity contribution >= 4 is 29.1 Å². The van der Waals surface area contributed by atoms with Crippen molar-refractivity contribution in [2.75, 3.05) is 12.0 Å². The summed E-state index contributed by atoms with van der Waals surface area (Å²) in [5.74, 6) is -2.26. The monoisotopic (exact) mass is 529 g/mol. The summed E-state index contributed by atoms with van der Waals surface area (Å²) in [6.07, 6.45) is 3.72. The molecule has 0 unspecified atom stereocenters. The van der Waals surface area contributed by atoms with Crippen molar-refractivity contribution in [2.45, 2.75) is 18.0 Å². The second kappa shape index (κ2) is 8.85. The van der Waals surface area contributed by atoms with E-state index >= 15 is 4.39 Å². The van der Waals surface area contributed by atoms with Gasteiger partial charge in [0.2, 0.25) is 0 Å². The second-order valence-electron chi connectivity index (χ2n) is 10.4. The summed E-state index contributed by atoms with van der Waals surface area (Å²) in [4.78, 5) is 45.6. The van der Waals surface area contributed by atoms with E-state index in [-0.39, 0.29) is 22.9 Å². The number of rotatable bonds is 4. The Kier molecular flexibility index (Phi) is 5.36. The first-order valence-corrected chi connectivity index (χ1v) is 13.2. The molecule has 1 saturated heterocycles. The van der Waals surface area contributed by atoms with Gasteiger partial charge in [0, 0.05) is 28.3 Å². The Labute approximate surface area is 230 Å². The van der Waals surface area contributed by atoms with E-state index in [1.54, 1.807) is 66.7 Å². The summed E-state index contributed by atoms with van der Waals surface area (Å²) >= 11 is 0. The molecular weight excluding hydrogens is 505 g/mol. The lowest BCUT2D eigenvalue weighted by molar-refractivity contribution is 0.0664. The van der Waals surface area contributed by atoms with Gasteiger partial charge >= 0.3 is 0 Å². The first-order valence-electron chi connectivity index (χ1n) is 13.2. The third-order valence-electron chi connectivity index (χ3n) is 8.58. The highest BCUT2D eigenvalue weighted by molar-refractivity contribution is 6.32. The van der Waals surface area contributed by atoms with E-state index in [0.29, 0.717) is 28.1 Å². The molecule has 0 N–H and O–H groups in total. The van der Waals surface area contributed by atoms with Gasteiger partial charge < -0.3 is 9.64 Å². The molecule has 0 saturated carbocycles. The van der Waals surface area contributed by atoms with Crippen molar-refractivity contribution < 1.29 is 23.5 Å². The number of para-hydroxylation sites is 1. The van der Waals surface area contributed by atoms with Gasteiger partial charge in [0.15, 0.2) is 17.3 Å². The predicted octanol–water partition coefficient (Wildman–Crippen LogP) is 6.15.